The molecule has 0 saturated carbocycles. The average molecular weight is 392 g/mol. The number of β-amino-alcohol motifs (C(OH)–C–C–N with tert-alkyl or cyclic N) is 1. The smallest absolute Gasteiger partial charge is 0.255 e. The number of rotatable bonds is 7. The van der Waals surface area contributed by atoms with E-state index in [9.17, 15) is 9.90 Å². The number of ether oxygens (including phenoxy) is 3. The molecular formula is C21H32N2O5. The second-order valence-corrected chi connectivity index (χ2v) is 7.53. The van der Waals surface area contributed by atoms with E-state index in [0.29, 0.717) is 49.1 Å². The van der Waals surface area contributed by atoms with E-state index >= 15 is 0 Å². The SMILES string of the molecule is CCCCN1CC[C@@H](CNC(=O)c2cc(OC)cc3c2OCCCO3)[C@H](O)C1. The number of methoxy groups -OCH3 is 1. The van der Waals surface area contributed by atoms with Gasteiger partial charge in [-0.1, -0.05) is 13.3 Å². The summed E-state index contributed by atoms with van der Waals surface area (Å²) in [5.41, 5.74) is 0.408. The Bertz CT molecular complexity index is 666. The van der Waals surface area contributed by atoms with Crippen molar-refractivity contribution in [1.82, 2.24) is 10.2 Å². The number of carbonyl (C=O) groups excluding carboxylic acids is 1. The summed E-state index contributed by atoms with van der Waals surface area (Å²) in [5, 5.41) is 13.4. The number of hydrogen-bond acceptors (Lipinski definition) is 6. The lowest BCUT2D eigenvalue weighted by Gasteiger charge is -2.36. The second kappa shape index (κ2) is 9.98. The first-order valence-corrected chi connectivity index (χ1v) is 10.3. The van der Waals surface area contributed by atoms with Crippen LogP contribution in [0, 0.1) is 5.92 Å². The minimum atomic E-state index is -0.423. The van der Waals surface area contributed by atoms with Gasteiger partial charge in [0.25, 0.3) is 5.91 Å². The molecule has 1 aromatic carbocycles. The van der Waals surface area contributed by atoms with Crippen molar-refractivity contribution < 1.29 is 24.1 Å². The predicted molar refractivity (Wildman–Crippen MR) is 106 cm³/mol. The van der Waals surface area contributed by atoms with E-state index in [1.165, 1.54) is 0 Å². The summed E-state index contributed by atoms with van der Waals surface area (Å²) in [6.45, 7) is 6.33. The molecule has 156 valence electrons. The van der Waals surface area contributed by atoms with Gasteiger partial charge >= 0.3 is 0 Å². The van der Waals surface area contributed by atoms with E-state index < -0.39 is 6.10 Å². The lowest BCUT2D eigenvalue weighted by Crippen LogP contribution is -2.47. The minimum absolute atomic E-state index is 0.0585. The lowest BCUT2D eigenvalue weighted by molar-refractivity contribution is 0.0217. The van der Waals surface area contributed by atoms with Crippen molar-refractivity contribution in [3.63, 3.8) is 0 Å². The number of fused-ring (bicyclic) bond motifs is 1. The molecule has 0 aliphatic carbocycles. The summed E-state index contributed by atoms with van der Waals surface area (Å²) < 4.78 is 16.8. The van der Waals surface area contributed by atoms with Crippen LogP contribution in [0.3, 0.4) is 0 Å². The van der Waals surface area contributed by atoms with Gasteiger partial charge in [0.2, 0.25) is 0 Å². The summed E-state index contributed by atoms with van der Waals surface area (Å²) >= 11 is 0. The van der Waals surface area contributed by atoms with Crippen molar-refractivity contribution in [3.05, 3.63) is 17.7 Å². The van der Waals surface area contributed by atoms with Crippen LogP contribution >= 0.6 is 0 Å². The molecule has 1 aromatic rings. The predicted octanol–water partition coefficient (Wildman–Crippen LogP) is 2.07. The van der Waals surface area contributed by atoms with Crippen LogP contribution in [0.25, 0.3) is 0 Å². The zero-order valence-electron chi connectivity index (χ0n) is 16.9. The van der Waals surface area contributed by atoms with Gasteiger partial charge in [-0.15, -0.1) is 0 Å². The Kier molecular flexibility index (Phi) is 7.39. The summed E-state index contributed by atoms with van der Waals surface area (Å²) in [4.78, 5) is 15.2. The Balaban J connectivity index is 1.62. The Labute approximate surface area is 166 Å². The van der Waals surface area contributed by atoms with Gasteiger partial charge in [-0.2, -0.15) is 0 Å². The maximum Gasteiger partial charge on any atom is 0.255 e. The van der Waals surface area contributed by atoms with Crippen LogP contribution in [0.1, 0.15) is 43.0 Å². The summed E-state index contributed by atoms with van der Waals surface area (Å²) in [6, 6.07) is 3.42. The van der Waals surface area contributed by atoms with E-state index in [-0.39, 0.29) is 11.8 Å². The van der Waals surface area contributed by atoms with Gasteiger partial charge in [-0.3, -0.25) is 4.79 Å². The maximum absolute atomic E-state index is 12.9. The normalized spacial score (nSPS) is 22.4. The fourth-order valence-electron chi connectivity index (χ4n) is 3.72. The molecule has 2 aliphatic heterocycles. The van der Waals surface area contributed by atoms with Gasteiger partial charge in [0.15, 0.2) is 11.5 Å². The van der Waals surface area contributed by atoms with Crippen molar-refractivity contribution in [2.24, 2.45) is 5.92 Å². The van der Waals surface area contributed by atoms with Crippen LogP contribution in [-0.4, -0.2) is 68.5 Å². The number of nitrogens with zero attached hydrogens (tertiary/aromatic N) is 1. The van der Waals surface area contributed by atoms with Gasteiger partial charge in [-0.05, 0) is 32.0 Å². The molecule has 0 aromatic heterocycles. The zero-order valence-corrected chi connectivity index (χ0v) is 16.9. The number of aliphatic hydroxyl groups excluding tert-OH is 1. The first kappa shape index (κ1) is 20.7. The monoisotopic (exact) mass is 392 g/mol. The fraction of sp³-hybridized carbons (Fsp3) is 0.667. The number of aliphatic hydroxyl groups is 1. The molecule has 2 heterocycles. The van der Waals surface area contributed by atoms with Gasteiger partial charge in [0.1, 0.15) is 5.75 Å². The molecule has 3 rings (SSSR count). The highest BCUT2D eigenvalue weighted by Gasteiger charge is 2.28. The van der Waals surface area contributed by atoms with Crippen molar-refractivity contribution in [2.75, 3.05) is 46.5 Å². The van der Waals surface area contributed by atoms with Crippen LogP contribution in [0.4, 0.5) is 0 Å². The van der Waals surface area contributed by atoms with Crippen LogP contribution in [0.15, 0.2) is 12.1 Å². The zero-order chi connectivity index (χ0) is 19.9. The quantitative estimate of drug-likeness (QED) is 0.740. The minimum Gasteiger partial charge on any atom is -0.497 e. The Morgan fingerprint density at radius 2 is 2.18 bits per heavy atom. The topological polar surface area (TPSA) is 80.3 Å². The first-order valence-electron chi connectivity index (χ1n) is 10.3. The molecule has 1 saturated heterocycles. The molecular weight excluding hydrogens is 360 g/mol. The average Bonchev–Trinajstić information content (AvgIpc) is 2.95. The third kappa shape index (κ3) is 5.08. The van der Waals surface area contributed by atoms with E-state index in [1.54, 1.807) is 19.2 Å². The van der Waals surface area contributed by atoms with E-state index in [1.807, 2.05) is 0 Å². The van der Waals surface area contributed by atoms with Crippen LogP contribution < -0.4 is 19.5 Å². The number of hydrogen-bond donors (Lipinski definition) is 2. The molecule has 1 fully saturated rings. The summed E-state index contributed by atoms with van der Waals surface area (Å²) in [5.74, 6) is 1.38. The van der Waals surface area contributed by atoms with Crippen molar-refractivity contribution in [3.8, 4) is 17.2 Å². The van der Waals surface area contributed by atoms with Crippen molar-refractivity contribution in [2.45, 2.75) is 38.7 Å². The van der Waals surface area contributed by atoms with Crippen LogP contribution in [0.5, 0.6) is 17.2 Å². The van der Waals surface area contributed by atoms with E-state index in [4.69, 9.17) is 14.2 Å². The molecule has 0 bridgehead atoms. The molecule has 2 atom stereocenters. The van der Waals surface area contributed by atoms with Crippen molar-refractivity contribution in [1.29, 1.82) is 0 Å². The highest BCUT2D eigenvalue weighted by atomic mass is 16.5. The lowest BCUT2D eigenvalue weighted by atomic mass is 9.93. The Morgan fingerprint density at radius 1 is 1.36 bits per heavy atom. The maximum atomic E-state index is 12.9. The highest BCUT2D eigenvalue weighted by Crippen LogP contribution is 2.37. The standard InChI is InChI=1S/C21H32N2O5/c1-3-4-7-23-8-6-15(18(24)14-23)13-22-21(25)17-11-16(26-2)12-19-20(17)28-10-5-9-27-19/h11-12,15,18,24H,3-10,13-14H2,1-2H3,(H,22,25)/t15-,18+/m0/s1. The number of nitrogens with one attached hydrogen (secondary N) is 1. The molecule has 0 spiro atoms. The van der Waals surface area contributed by atoms with Gasteiger partial charge < -0.3 is 29.5 Å². The number of carbonyl (C=O) groups is 1. The molecule has 2 N–H and O–H groups in total. The highest BCUT2D eigenvalue weighted by molar-refractivity contribution is 5.98. The summed E-state index contributed by atoms with van der Waals surface area (Å²) in [6.07, 6.45) is 3.52. The fourth-order valence-corrected chi connectivity index (χ4v) is 3.72. The van der Waals surface area contributed by atoms with Crippen LogP contribution in [-0.2, 0) is 0 Å². The second-order valence-electron chi connectivity index (χ2n) is 7.53. The molecule has 2 aliphatic rings. The number of piperidine rings is 1. The summed E-state index contributed by atoms with van der Waals surface area (Å²) in [7, 11) is 1.56. The van der Waals surface area contributed by atoms with E-state index in [0.717, 1.165) is 38.8 Å². The number of unbranched alkanes of at least 4 members (excludes halogenated alkanes) is 1. The van der Waals surface area contributed by atoms with Gasteiger partial charge in [-0.25, -0.2) is 0 Å². The third-order valence-corrected chi connectivity index (χ3v) is 5.46. The molecule has 0 radical (unpaired) electrons. The third-order valence-electron chi connectivity index (χ3n) is 5.46. The number of benzene rings is 1. The molecule has 0 unspecified atom stereocenters. The van der Waals surface area contributed by atoms with E-state index in [2.05, 4.69) is 17.1 Å². The molecule has 1 amide bonds. The Morgan fingerprint density at radius 3 is 2.93 bits per heavy atom. The molecule has 7 nitrogen and oxygen atoms in total. The largest absolute Gasteiger partial charge is 0.497 e. The van der Waals surface area contributed by atoms with Crippen molar-refractivity contribution >= 4 is 5.91 Å². The van der Waals surface area contributed by atoms with Crippen LogP contribution in [0.2, 0.25) is 0 Å². The van der Waals surface area contributed by atoms with Gasteiger partial charge in [0, 0.05) is 31.5 Å². The van der Waals surface area contributed by atoms with Gasteiger partial charge in [0.05, 0.1) is 32.0 Å². The number of amides is 1. The number of likely N-dealkylation sites (tertiary alicyclic amines) is 1. The molecule has 7 heteroatoms. The first-order chi connectivity index (χ1) is 13.6. The molecule has 28 heavy (non-hydrogen) atoms. The Hall–Kier alpha value is -1.99.